The maximum Gasteiger partial charge on any atom is 0.215 e. The molecule has 0 aliphatic rings. The van der Waals surface area contributed by atoms with Crippen LogP contribution < -0.4 is 9.47 Å². The molecule has 0 aliphatic carbocycles. The Bertz CT molecular complexity index is 1250. The molecule has 0 aliphatic heterocycles. The zero-order valence-corrected chi connectivity index (χ0v) is 13.2. The number of hydrogen-bond acceptors (Lipinski definition) is 6. The highest BCUT2D eigenvalue weighted by Gasteiger charge is 2.16. The van der Waals surface area contributed by atoms with Crippen molar-refractivity contribution in [1.29, 1.82) is 0 Å². The molecule has 3 aromatic heterocycles. The van der Waals surface area contributed by atoms with E-state index in [-0.39, 0.29) is 16.7 Å². The lowest BCUT2D eigenvalue weighted by molar-refractivity contribution is 0.399. The number of rotatable bonds is 5. The van der Waals surface area contributed by atoms with Gasteiger partial charge in [-0.05, 0) is 19.8 Å². The molecule has 3 rings (SSSR count). The second-order valence-corrected chi connectivity index (χ2v) is 5.97. The summed E-state index contributed by atoms with van der Waals surface area (Å²) in [6.07, 6.45) is -0.921. The first kappa shape index (κ1) is 8.06. The van der Waals surface area contributed by atoms with Gasteiger partial charge in [-0.1, -0.05) is 0 Å². The van der Waals surface area contributed by atoms with Crippen LogP contribution in [-0.4, -0.2) is 38.3 Å². The van der Waals surface area contributed by atoms with Gasteiger partial charge < -0.3 is 14.5 Å². The molecule has 7 nitrogen and oxygen atoms in total. The van der Waals surface area contributed by atoms with Gasteiger partial charge in [0.15, 0.2) is 10.8 Å². The number of methoxy groups -OCH3 is 2. The van der Waals surface area contributed by atoms with Gasteiger partial charge in [0, 0.05) is 31.6 Å². The lowest BCUT2D eigenvalue weighted by atomic mass is 10.1. The van der Waals surface area contributed by atoms with E-state index < -0.39 is 66.0 Å². The Labute approximate surface area is 156 Å². The van der Waals surface area contributed by atoms with Gasteiger partial charge in [0.2, 0.25) is 5.88 Å². The highest BCUT2D eigenvalue weighted by atomic mass is 32.2. The number of aromatic nitrogens is 4. The molecule has 24 heavy (non-hydrogen) atoms. The third kappa shape index (κ3) is 2.96. The van der Waals surface area contributed by atoms with E-state index in [2.05, 4.69) is 19.9 Å². The number of imidazole rings is 1. The first-order valence-electron chi connectivity index (χ1n) is 11.5. The summed E-state index contributed by atoms with van der Waals surface area (Å²) in [5, 5.41) is -0.0984. The van der Waals surface area contributed by atoms with Gasteiger partial charge in [-0.15, -0.1) is 0 Å². The van der Waals surface area contributed by atoms with Crippen molar-refractivity contribution in [2.45, 2.75) is 24.6 Å². The maximum atomic E-state index is 13.0. The first-order chi connectivity index (χ1) is 15.5. The zero-order valence-electron chi connectivity index (χ0n) is 22.3. The smallest absolute Gasteiger partial charge is 0.215 e. The van der Waals surface area contributed by atoms with Crippen LogP contribution in [0.3, 0.4) is 0 Å². The van der Waals surface area contributed by atoms with E-state index in [1.165, 1.54) is 7.11 Å². The van der Waals surface area contributed by atoms with E-state index in [4.69, 9.17) is 23.2 Å². The molecule has 0 fully saturated rings. The lowest BCUT2D eigenvalue weighted by Gasteiger charge is -2.11. The van der Waals surface area contributed by atoms with Crippen molar-refractivity contribution in [1.82, 2.24) is 19.9 Å². The third-order valence-electron chi connectivity index (χ3n) is 3.14. The van der Waals surface area contributed by atoms with Crippen LogP contribution >= 0.6 is 0 Å². The molecule has 1 atom stereocenters. The van der Waals surface area contributed by atoms with Crippen LogP contribution in [0.1, 0.15) is 30.5 Å². The fraction of sp³-hybridized carbons (Fsp3) is 0.312. The molecule has 1 N–H and O–H groups in total. The average Bonchev–Trinajstić information content (AvgIpc) is 3.07. The Hall–Kier alpha value is -2.48. The molecular formula is C16H18N4O3S. The number of ether oxygens (including phenoxy) is 2. The van der Waals surface area contributed by atoms with Crippen molar-refractivity contribution in [2.75, 3.05) is 14.1 Å². The predicted molar refractivity (Wildman–Crippen MR) is 90.8 cm³/mol. The van der Waals surface area contributed by atoms with Gasteiger partial charge >= 0.3 is 0 Å². The van der Waals surface area contributed by atoms with Crippen LogP contribution in [0.4, 0.5) is 0 Å². The van der Waals surface area contributed by atoms with Crippen molar-refractivity contribution in [3.8, 4) is 11.6 Å². The van der Waals surface area contributed by atoms with Crippen LogP contribution in [0.15, 0.2) is 23.5 Å². The van der Waals surface area contributed by atoms with Crippen molar-refractivity contribution in [2.24, 2.45) is 0 Å². The van der Waals surface area contributed by atoms with Gasteiger partial charge in [-0.2, -0.15) is 4.98 Å². The van der Waals surface area contributed by atoms with Gasteiger partial charge in [0.25, 0.3) is 0 Å². The van der Waals surface area contributed by atoms with Crippen LogP contribution in [0.2, 0.25) is 0 Å². The molecule has 0 amide bonds. The fourth-order valence-corrected chi connectivity index (χ4v) is 2.97. The summed E-state index contributed by atoms with van der Waals surface area (Å²) in [5.41, 5.74) is -1.71. The molecule has 3 heterocycles. The molecule has 0 spiro atoms. The largest absolute Gasteiger partial charge is 0.496 e. The van der Waals surface area contributed by atoms with E-state index >= 15 is 0 Å². The van der Waals surface area contributed by atoms with Crippen molar-refractivity contribution < 1.29 is 27.4 Å². The Morgan fingerprint density at radius 2 is 2.25 bits per heavy atom. The van der Waals surface area contributed by atoms with Crippen molar-refractivity contribution >= 4 is 22.0 Å². The minimum atomic E-state index is -3.23. The van der Waals surface area contributed by atoms with Gasteiger partial charge in [-0.3, -0.25) is 9.19 Å². The summed E-state index contributed by atoms with van der Waals surface area (Å²) >= 11 is 0. The molecule has 1 unspecified atom stereocenters. The Morgan fingerprint density at radius 1 is 1.33 bits per heavy atom. The maximum absolute atomic E-state index is 13.0. The Balaban J connectivity index is 2.16. The molecule has 3 aromatic rings. The molecule has 0 saturated carbocycles. The number of fused-ring (bicyclic) bond motifs is 1. The minimum Gasteiger partial charge on any atom is -0.496 e. The first-order valence-corrected chi connectivity index (χ1v) is 7.85. The third-order valence-corrected chi connectivity index (χ3v) is 4.30. The molecule has 0 aromatic carbocycles. The van der Waals surface area contributed by atoms with Gasteiger partial charge in [-0.25, -0.2) is 4.98 Å². The number of nitrogens with zero attached hydrogens (tertiary/aromatic N) is 3. The molecule has 126 valence electrons. The van der Waals surface area contributed by atoms with Crippen molar-refractivity contribution in [3.63, 3.8) is 0 Å². The molecule has 0 saturated heterocycles. The molecule has 8 heteroatoms. The Kier molecular flexibility index (Phi) is 2.20. The molecular weight excluding hydrogens is 328 g/mol. The second-order valence-electron chi connectivity index (χ2n) is 4.61. The highest BCUT2D eigenvalue weighted by molar-refractivity contribution is 7.84. The van der Waals surface area contributed by atoms with Crippen LogP contribution in [0.25, 0.3) is 11.2 Å². The summed E-state index contributed by atoms with van der Waals surface area (Å²) in [5.74, 6) is -1.40. The number of aromatic amines is 1. The quantitative estimate of drug-likeness (QED) is 0.754. The fourth-order valence-electron chi connectivity index (χ4n) is 1.96. The predicted octanol–water partition coefficient (Wildman–Crippen LogP) is 2.29. The van der Waals surface area contributed by atoms with E-state index in [0.29, 0.717) is 5.52 Å². The summed E-state index contributed by atoms with van der Waals surface area (Å²) in [6.45, 7) is -6.21. The van der Waals surface area contributed by atoms with E-state index in [0.717, 1.165) is 0 Å². The minimum absolute atomic E-state index is 0.0984. The topological polar surface area (TPSA) is 90.0 Å². The van der Waals surface area contributed by atoms with E-state index in [1.54, 1.807) is 12.1 Å². The second kappa shape index (κ2) is 6.56. The number of H-pyrrole nitrogens is 1. The SMILES string of the molecule is [2H]c1nc(CS(=O)c2nc3nc(OC)ccc3[nH]2)c(C([2H])([2H])[2H])c(OC([2H])([2H])[2H])c1C([2H])([2H])[2H]. The summed E-state index contributed by atoms with van der Waals surface area (Å²) in [6, 6.07) is 3.12. The summed E-state index contributed by atoms with van der Waals surface area (Å²) in [4.78, 5) is 14.7. The standard InChI is InChI=1S/C16H18N4O3S/c1-9-7-17-12(10(2)14(9)23-4)8-24(21)16-18-11-5-6-13(22-3)19-15(11)20-16/h5-7H,8H2,1-4H3,(H,18,19,20)/i1D3,2D3,4D3,7D. The zero-order chi connectivity index (χ0) is 25.6. The van der Waals surface area contributed by atoms with Crippen LogP contribution in [0.5, 0.6) is 11.6 Å². The van der Waals surface area contributed by atoms with Gasteiger partial charge in [0.05, 0.1) is 47.4 Å². The van der Waals surface area contributed by atoms with E-state index in [1.807, 2.05) is 0 Å². The molecule has 0 radical (unpaired) electrons. The number of nitrogens with one attached hydrogen (secondary N) is 1. The summed E-state index contributed by atoms with van der Waals surface area (Å²) in [7, 11) is -3.89. The van der Waals surface area contributed by atoms with Crippen molar-refractivity contribution in [3.05, 3.63) is 35.1 Å². The highest BCUT2D eigenvalue weighted by Crippen LogP contribution is 2.25. The summed E-state index contributed by atoms with van der Waals surface area (Å²) < 4.78 is 99.4. The van der Waals surface area contributed by atoms with Crippen LogP contribution in [0, 0.1) is 13.7 Å². The normalized spacial score (nSPS) is 20.0. The average molecular weight is 356 g/mol. The Morgan fingerprint density at radius 3 is 3.00 bits per heavy atom. The number of hydrogen-bond donors (Lipinski definition) is 1. The lowest BCUT2D eigenvalue weighted by Crippen LogP contribution is -2.05. The number of pyridine rings is 2. The van der Waals surface area contributed by atoms with E-state index in [9.17, 15) is 4.21 Å². The van der Waals surface area contributed by atoms with Gasteiger partial charge in [0.1, 0.15) is 5.75 Å². The monoisotopic (exact) mass is 356 g/mol. The molecule has 0 bridgehead atoms. The van der Waals surface area contributed by atoms with Crippen LogP contribution in [-0.2, 0) is 16.6 Å².